The van der Waals surface area contributed by atoms with Gasteiger partial charge in [-0.25, -0.2) is 8.78 Å². The van der Waals surface area contributed by atoms with E-state index >= 15 is 0 Å². The summed E-state index contributed by atoms with van der Waals surface area (Å²) in [6.45, 7) is 3.00. The Kier molecular flexibility index (Phi) is 8.26. The number of amides is 1. The zero-order valence-electron chi connectivity index (χ0n) is 20.0. The minimum atomic E-state index is -0.850. The van der Waals surface area contributed by atoms with Gasteiger partial charge in [0.1, 0.15) is 17.4 Å². The van der Waals surface area contributed by atoms with E-state index in [1.807, 2.05) is 36.4 Å². The molecule has 1 saturated heterocycles. The lowest BCUT2D eigenvalue weighted by molar-refractivity contribution is 0.00329. The summed E-state index contributed by atoms with van der Waals surface area (Å²) in [5.41, 5.74) is 2.40. The highest BCUT2D eigenvalue weighted by atomic mass is 19.1. The molecule has 0 aromatic heterocycles. The van der Waals surface area contributed by atoms with Crippen LogP contribution in [0.2, 0.25) is 0 Å². The molecule has 1 aliphatic rings. The standard InChI is InChI=1S/C28H27F2N3O3/c1-35-24-4-2-3-22(15-24)27(36-19-21-7-5-20(17-31)6-8-21)18-32-11-13-33(14-12-32)28(34)25-10-9-23(29)16-26(25)30/h2-10,15-16,27H,11-14,18-19H2,1H3. The molecule has 8 heteroatoms. The van der Waals surface area contributed by atoms with Crippen LogP contribution in [-0.2, 0) is 11.3 Å². The van der Waals surface area contributed by atoms with E-state index in [1.54, 1.807) is 24.1 Å². The molecule has 6 nitrogen and oxygen atoms in total. The van der Waals surface area contributed by atoms with Crippen molar-refractivity contribution in [2.75, 3.05) is 39.8 Å². The number of benzene rings is 3. The molecule has 0 N–H and O–H groups in total. The van der Waals surface area contributed by atoms with Crippen LogP contribution in [0.25, 0.3) is 0 Å². The number of hydrogen-bond acceptors (Lipinski definition) is 5. The average Bonchev–Trinajstić information content (AvgIpc) is 2.91. The number of rotatable bonds is 8. The fraction of sp³-hybridized carbons (Fsp3) is 0.286. The maximum atomic E-state index is 14.1. The Labute approximate surface area is 209 Å². The summed E-state index contributed by atoms with van der Waals surface area (Å²) < 4.78 is 39.0. The van der Waals surface area contributed by atoms with Crippen LogP contribution in [-0.4, -0.2) is 55.5 Å². The van der Waals surface area contributed by atoms with Crippen LogP contribution in [0.5, 0.6) is 5.75 Å². The quantitative estimate of drug-likeness (QED) is 0.462. The Hall–Kier alpha value is -3.80. The molecular weight excluding hydrogens is 464 g/mol. The number of ether oxygens (including phenoxy) is 2. The van der Waals surface area contributed by atoms with Gasteiger partial charge in [-0.3, -0.25) is 9.69 Å². The van der Waals surface area contributed by atoms with Crippen molar-refractivity contribution < 1.29 is 23.0 Å². The molecule has 0 radical (unpaired) electrons. The van der Waals surface area contributed by atoms with Crippen molar-refractivity contribution in [3.63, 3.8) is 0 Å². The number of halogens is 2. The molecule has 0 aliphatic carbocycles. The van der Waals surface area contributed by atoms with Crippen LogP contribution in [0.1, 0.15) is 33.2 Å². The molecular formula is C28H27F2N3O3. The fourth-order valence-corrected chi connectivity index (χ4v) is 4.17. The lowest BCUT2D eigenvalue weighted by Crippen LogP contribution is -2.49. The molecule has 186 valence electrons. The zero-order valence-corrected chi connectivity index (χ0v) is 20.0. The lowest BCUT2D eigenvalue weighted by Gasteiger charge is -2.36. The summed E-state index contributed by atoms with van der Waals surface area (Å²) >= 11 is 0. The van der Waals surface area contributed by atoms with E-state index in [0.29, 0.717) is 44.9 Å². The Morgan fingerprint density at radius 2 is 1.78 bits per heavy atom. The molecule has 3 aromatic carbocycles. The monoisotopic (exact) mass is 491 g/mol. The second kappa shape index (κ2) is 11.8. The summed E-state index contributed by atoms with van der Waals surface area (Å²) in [6.07, 6.45) is -0.257. The van der Waals surface area contributed by atoms with Crippen LogP contribution in [0.15, 0.2) is 66.7 Å². The van der Waals surface area contributed by atoms with Gasteiger partial charge in [-0.2, -0.15) is 5.26 Å². The van der Waals surface area contributed by atoms with Gasteiger partial charge in [-0.15, -0.1) is 0 Å². The predicted molar refractivity (Wildman–Crippen MR) is 130 cm³/mol. The van der Waals surface area contributed by atoms with Crippen LogP contribution in [0.4, 0.5) is 8.78 Å². The Morgan fingerprint density at radius 1 is 1.03 bits per heavy atom. The SMILES string of the molecule is COc1cccc(C(CN2CCN(C(=O)c3ccc(F)cc3F)CC2)OCc2ccc(C#N)cc2)c1. The van der Waals surface area contributed by atoms with Gasteiger partial charge in [-0.1, -0.05) is 24.3 Å². The van der Waals surface area contributed by atoms with Gasteiger partial charge in [0.25, 0.3) is 5.91 Å². The normalized spacial score (nSPS) is 14.8. The molecule has 0 spiro atoms. The molecule has 1 unspecified atom stereocenters. The highest BCUT2D eigenvalue weighted by molar-refractivity contribution is 5.94. The number of carbonyl (C=O) groups excluding carboxylic acids is 1. The summed E-state index contributed by atoms with van der Waals surface area (Å²) in [5, 5.41) is 9.01. The highest BCUT2D eigenvalue weighted by Crippen LogP contribution is 2.25. The smallest absolute Gasteiger partial charge is 0.256 e. The van der Waals surface area contributed by atoms with Crippen molar-refractivity contribution in [3.05, 3.63) is 101 Å². The Bertz CT molecular complexity index is 1240. The first-order valence-electron chi connectivity index (χ1n) is 11.7. The van der Waals surface area contributed by atoms with Gasteiger partial charge in [0.05, 0.1) is 37.0 Å². The van der Waals surface area contributed by atoms with Crippen LogP contribution >= 0.6 is 0 Å². The van der Waals surface area contributed by atoms with E-state index in [2.05, 4.69) is 11.0 Å². The maximum Gasteiger partial charge on any atom is 0.256 e. The molecule has 1 amide bonds. The summed E-state index contributed by atoms with van der Waals surface area (Å²) in [6, 6.07) is 20.1. The van der Waals surface area contributed by atoms with Crippen molar-refractivity contribution in [1.82, 2.24) is 9.80 Å². The first kappa shape index (κ1) is 25.3. The minimum Gasteiger partial charge on any atom is -0.497 e. The number of hydrogen-bond donors (Lipinski definition) is 0. The Balaban J connectivity index is 1.41. The zero-order chi connectivity index (χ0) is 25.5. The second-order valence-corrected chi connectivity index (χ2v) is 8.60. The number of piperazine rings is 1. The molecule has 0 saturated carbocycles. The van der Waals surface area contributed by atoms with Crippen molar-refractivity contribution in [1.29, 1.82) is 5.26 Å². The first-order chi connectivity index (χ1) is 17.5. The molecule has 1 aliphatic heterocycles. The molecule has 0 bridgehead atoms. The molecule has 1 fully saturated rings. The van der Waals surface area contributed by atoms with E-state index < -0.39 is 17.5 Å². The number of nitriles is 1. The predicted octanol–water partition coefficient (Wildman–Crippen LogP) is 4.56. The summed E-state index contributed by atoms with van der Waals surface area (Å²) in [4.78, 5) is 16.5. The third-order valence-electron chi connectivity index (χ3n) is 6.24. The van der Waals surface area contributed by atoms with Gasteiger partial charge in [0.15, 0.2) is 0 Å². The number of carbonyl (C=O) groups is 1. The van der Waals surface area contributed by atoms with Crippen molar-refractivity contribution in [2.24, 2.45) is 0 Å². The molecule has 1 atom stereocenters. The molecule has 1 heterocycles. The minimum absolute atomic E-state index is 0.121. The van der Waals surface area contributed by atoms with Gasteiger partial charge in [0, 0.05) is 38.8 Å². The van der Waals surface area contributed by atoms with E-state index in [9.17, 15) is 13.6 Å². The lowest BCUT2D eigenvalue weighted by atomic mass is 10.1. The van der Waals surface area contributed by atoms with Gasteiger partial charge in [0.2, 0.25) is 0 Å². The molecule has 36 heavy (non-hydrogen) atoms. The third kappa shape index (κ3) is 6.25. The van der Waals surface area contributed by atoms with Gasteiger partial charge in [-0.05, 0) is 47.5 Å². The van der Waals surface area contributed by atoms with E-state index in [4.69, 9.17) is 14.7 Å². The second-order valence-electron chi connectivity index (χ2n) is 8.60. The fourth-order valence-electron chi connectivity index (χ4n) is 4.17. The molecule has 3 aromatic rings. The number of methoxy groups -OCH3 is 1. The van der Waals surface area contributed by atoms with E-state index in [1.165, 1.54) is 6.07 Å². The van der Waals surface area contributed by atoms with Crippen molar-refractivity contribution in [3.8, 4) is 11.8 Å². The first-order valence-corrected chi connectivity index (χ1v) is 11.7. The van der Waals surface area contributed by atoms with Crippen molar-refractivity contribution >= 4 is 5.91 Å². The largest absolute Gasteiger partial charge is 0.497 e. The summed E-state index contributed by atoms with van der Waals surface area (Å²) in [5.74, 6) is -1.26. The topological polar surface area (TPSA) is 65.8 Å². The number of nitrogens with zero attached hydrogens (tertiary/aromatic N) is 3. The van der Waals surface area contributed by atoms with Crippen LogP contribution < -0.4 is 4.74 Å². The molecule has 4 rings (SSSR count). The maximum absolute atomic E-state index is 14.1. The highest BCUT2D eigenvalue weighted by Gasteiger charge is 2.26. The van der Waals surface area contributed by atoms with E-state index in [-0.39, 0.29) is 11.7 Å². The van der Waals surface area contributed by atoms with Gasteiger partial charge >= 0.3 is 0 Å². The van der Waals surface area contributed by atoms with E-state index in [0.717, 1.165) is 29.0 Å². The van der Waals surface area contributed by atoms with Gasteiger partial charge < -0.3 is 14.4 Å². The van der Waals surface area contributed by atoms with Crippen molar-refractivity contribution in [2.45, 2.75) is 12.7 Å². The average molecular weight is 492 g/mol. The Morgan fingerprint density at radius 3 is 2.44 bits per heavy atom. The van der Waals surface area contributed by atoms with Crippen LogP contribution in [0.3, 0.4) is 0 Å². The van der Waals surface area contributed by atoms with Crippen LogP contribution in [0, 0.1) is 23.0 Å². The third-order valence-corrected chi connectivity index (χ3v) is 6.24. The summed E-state index contributed by atoms with van der Waals surface area (Å²) in [7, 11) is 1.62.